The van der Waals surface area contributed by atoms with Crippen molar-refractivity contribution in [3.8, 4) is 6.01 Å². The summed E-state index contributed by atoms with van der Waals surface area (Å²) in [6, 6.07) is 11.9. The van der Waals surface area contributed by atoms with Gasteiger partial charge in [-0.05, 0) is 29.1 Å². The first-order valence-corrected chi connectivity index (χ1v) is 12.4. The maximum absolute atomic E-state index is 13.4. The van der Waals surface area contributed by atoms with E-state index in [2.05, 4.69) is 15.3 Å². The Kier molecular flexibility index (Phi) is 8.34. The van der Waals surface area contributed by atoms with Gasteiger partial charge in [0.25, 0.3) is 5.91 Å². The fourth-order valence-electron chi connectivity index (χ4n) is 3.87. The third kappa shape index (κ3) is 5.92. The monoisotopic (exact) mass is 511 g/mol. The molecule has 1 aromatic carbocycles. The molecule has 1 aliphatic heterocycles. The molecule has 1 atom stereocenters. The molecule has 1 aliphatic rings. The molecule has 0 saturated heterocycles. The summed E-state index contributed by atoms with van der Waals surface area (Å²) < 4.78 is 16.5. The third-order valence-corrected chi connectivity index (χ3v) is 6.74. The van der Waals surface area contributed by atoms with Crippen LogP contribution in [0.15, 0.2) is 48.0 Å². The van der Waals surface area contributed by atoms with E-state index in [4.69, 9.17) is 14.2 Å². The number of nitrogens with zero attached hydrogens (tertiary/aromatic N) is 4. The highest BCUT2D eigenvalue weighted by Crippen LogP contribution is 2.29. The highest BCUT2D eigenvalue weighted by atomic mass is 32.1. The van der Waals surface area contributed by atoms with Gasteiger partial charge in [-0.2, -0.15) is 4.98 Å². The molecule has 0 spiro atoms. The van der Waals surface area contributed by atoms with Crippen LogP contribution in [0.2, 0.25) is 0 Å². The number of alkyl carbamates (subject to hydrolysis) is 1. The second kappa shape index (κ2) is 11.8. The minimum absolute atomic E-state index is 0.169. The Hall–Kier alpha value is -3.70. The molecule has 2 aromatic heterocycles. The van der Waals surface area contributed by atoms with Crippen molar-refractivity contribution in [2.24, 2.45) is 0 Å². The molecule has 0 aliphatic carbocycles. The van der Waals surface area contributed by atoms with E-state index in [-0.39, 0.29) is 24.6 Å². The summed E-state index contributed by atoms with van der Waals surface area (Å²) in [6.45, 7) is 1.68. The quantitative estimate of drug-likeness (QED) is 0.464. The summed E-state index contributed by atoms with van der Waals surface area (Å²) in [7, 11) is 4.92. The lowest BCUT2D eigenvalue weighted by Crippen LogP contribution is -2.33. The van der Waals surface area contributed by atoms with E-state index in [9.17, 15) is 9.59 Å². The Morgan fingerprint density at radius 2 is 2.11 bits per heavy atom. The molecule has 3 heterocycles. The first-order valence-electron chi connectivity index (χ1n) is 11.5. The van der Waals surface area contributed by atoms with Gasteiger partial charge >= 0.3 is 12.1 Å². The first-order chi connectivity index (χ1) is 17.5. The average Bonchev–Trinajstić information content (AvgIpc) is 3.41. The fraction of sp³-hybridized carbons (Fsp3) is 0.360. The van der Waals surface area contributed by atoms with Crippen LogP contribution in [0.5, 0.6) is 6.01 Å². The van der Waals surface area contributed by atoms with Crippen LogP contribution in [0.3, 0.4) is 0 Å². The largest absolute Gasteiger partial charge is 0.467 e. The van der Waals surface area contributed by atoms with Gasteiger partial charge in [-0.3, -0.25) is 4.79 Å². The lowest BCUT2D eigenvalue weighted by molar-refractivity contribution is 0.0221. The van der Waals surface area contributed by atoms with Gasteiger partial charge in [-0.25, -0.2) is 9.78 Å². The number of thiophene rings is 1. The summed E-state index contributed by atoms with van der Waals surface area (Å²) in [6.07, 6.45) is 1.36. The number of likely N-dealkylation sites (N-methyl/N-ethyl adjacent to an activating group) is 1. The van der Waals surface area contributed by atoms with Gasteiger partial charge in [0.15, 0.2) is 0 Å². The minimum Gasteiger partial charge on any atom is -0.467 e. The predicted molar refractivity (Wildman–Crippen MR) is 137 cm³/mol. The summed E-state index contributed by atoms with van der Waals surface area (Å²) in [4.78, 5) is 38.0. The molecule has 0 saturated carbocycles. The van der Waals surface area contributed by atoms with Crippen molar-refractivity contribution in [1.29, 1.82) is 0 Å². The van der Waals surface area contributed by atoms with Crippen LogP contribution < -0.4 is 19.9 Å². The molecule has 1 N–H and O–H groups in total. The molecule has 0 fully saturated rings. The Bertz CT molecular complexity index is 1190. The smallest absolute Gasteiger partial charge is 0.406 e. The number of carbonyl (C=O) groups is 2. The van der Waals surface area contributed by atoms with Crippen molar-refractivity contribution < 1.29 is 23.8 Å². The predicted octanol–water partition coefficient (Wildman–Crippen LogP) is 3.65. The van der Waals surface area contributed by atoms with Crippen LogP contribution in [-0.2, 0) is 16.1 Å². The second-order valence-electron chi connectivity index (χ2n) is 8.13. The van der Waals surface area contributed by atoms with Gasteiger partial charge in [-0.1, -0.05) is 18.2 Å². The number of hydrogen-bond acceptors (Lipinski definition) is 9. The first kappa shape index (κ1) is 25.4. The van der Waals surface area contributed by atoms with Crippen molar-refractivity contribution >= 4 is 34.8 Å². The number of benzene rings is 1. The standard InChI is InChI=1S/C25H29N5O5S/c1-26-25(32)34-12-9-20(21-8-5-13-36-21)35-16-17-6-4-7-18(14-17)30-11-10-29(2)22-19(23(30)31)15-27-24(28-22)33-3/h4-8,13-15,20H,9-12,16H2,1-3H3,(H,26,32). The zero-order valence-corrected chi connectivity index (χ0v) is 21.3. The van der Waals surface area contributed by atoms with Crippen LogP contribution in [0.1, 0.15) is 33.3 Å². The maximum Gasteiger partial charge on any atom is 0.406 e. The summed E-state index contributed by atoms with van der Waals surface area (Å²) in [5.41, 5.74) is 2.12. The van der Waals surface area contributed by atoms with Gasteiger partial charge in [0.05, 0.1) is 26.4 Å². The SMILES string of the molecule is CNC(=O)OCCC(OCc1cccc(N2CCN(C)c3nc(OC)ncc3C2=O)c1)c1cccs1. The van der Waals surface area contributed by atoms with E-state index in [0.717, 1.165) is 16.1 Å². The van der Waals surface area contributed by atoms with E-state index in [1.165, 1.54) is 20.4 Å². The van der Waals surface area contributed by atoms with E-state index in [1.807, 2.05) is 53.7 Å². The molecule has 0 bridgehead atoms. The summed E-state index contributed by atoms with van der Waals surface area (Å²) in [5, 5.41) is 4.43. The topological polar surface area (TPSA) is 106 Å². The lowest BCUT2D eigenvalue weighted by Gasteiger charge is -2.22. The molecule has 11 heteroatoms. The molecule has 1 unspecified atom stereocenters. The van der Waals surface area contributed by atoms with Crippen molar-refractivity contribution in [3.05, 3.63) is 64.0 Å². The molecule has 36 heavy (non-hydrogen) atoms. The minimum atomic E-state index is -0.467. The average molecular weight is 512 g/mol. The second-order valence-corrected chi connectivity index (χ2v) is 9.11. The van der Waals surface area contributed by atoms with E-state index < -0.39 is 6.09 Å². The molecule has 3 aromatic rings. The Morgan fingerprint density at radius 3 is 2.86 bits per heavy atom. The number of fused-ring (bicyclic) bond motifs is 1. The van der Waals surface area contributed by atoms with E-state index in [1.54, 1.807) is 16.2 Å². The summed E-state index contributed by atoms with van der Waals surface area (Å²) >= 11 is 1.60. The lowest BCUT2D eigenvalue weighted by atomic mass is 10.1. The van der Waals surface area contributed by atoms with Gasteiger partial charge in [0.2, 0.25) is 0 Å². The number of carbonyl (C=O) groups excluding carboxylic acids is 2. The number of anilines is 2. The molecule has 0 radical (unpaired) electrons. The molecular weight excluding hydrogens is 482 g/mol. The Morgan fingerprint density at radius 1 is 1.25 bits per heavy atom. The van der Waals surface area contributed by atoms with Crippen molar-refractivity contribution in [2.75, 3.05) is 50.7 Å². The number of hydrogen-bond donors (Lipinski definition) is 1. The number of amides is 2. The van der Waals surface area contributed by atoms with E-state index in [0.29, 0.717) is 37.5 Å². The van der Waals surface area contributed by atoms with Gasteiger partial charge in [-0.15, -0.1) is 11.3 Å². The molecule has 190 valence electrons. The molecule has 2 amide bonds. The number of aromatic nitrogens is 2. The van der Waals surface area contributed by atoms with Crippen LogP contribution in [-0.4, -0.2) is 62.9 Å². The third-order valence-electron chi connectivity index (χ3n) is 5.78. The van der Waals surface area contributed by atoms with Gasteiger partial charge < -0.3 is 29.3 Å². The number of methoxy groups -OCH3 is 1. The summed E-state index contributed by atoms with van der Waals surface area (Å²) in [5.74, 6) is 0.379. The van der Waals surface area contributed by atoms with Crippen molar-refractivity contribution in [2.45, 2.75) is 19.1 Å². The van der Waals surface area contributed by atoms with E-state index >= 15 is 0 Å². The Labute approximate surface area is 213 Å². The van der Waals surface area contributed by atoms with Crippen molar-refractivity contribution in [1.82, 2.24) is 15.3 Å². The molecule has 4 rings (SSSR count). The van der Waals surface area contributed by atoms with Crippen LogP contribution in [0.25, 0.3) is 0 Å². The molecular formula is C25H29N5O5S. The normalized spacial score (nSPS) is 14.1. The number of nitrogens with one attached hydrogen (secondary N) is 1. The van der Waals surface area contributed by atoms with Crippen molar-refractivity contribution in [3.63, 3.8) is 0 Å². The number of ether oxygens (including phenoxy) is 3. The highest BCUT2D eigenvalue weighted by Gasteiger charge is 2.28. The Balaban J connectivity index is 1.48. The fourth-order valence-corrected chi connectivity index (χ4v) is 4.68. The van der Waals surface area contributed by atoms with Crippen LogP contribution in [0, 0.1) is 0 Å². The maximum atomic E-state index is 13.4. The van der Waals surface area contributed by atoms with Gasteiger partial charge in [0, 0.05) is 50.4 Å². The zero-order valence-electron chi connectivity index (χ0n) is 20.5. The van der Waals surface area contributed by atoms with Gasteiger partial charge in [0.1, 0.15) is 11.4 Å². The van der Waals surface area contributed by atoms with Crippen LogP contribution >= 0.6 is 11.3 Å². The van der Waals surface area contributed by atoms with Crippen LogP contribution in [0.4, 0.5) is 16.3 Å². The zero-order chi connectivity index (χ0) is 25.5. The number of rotatable bonds is 9. The highest BCUT2D eigenvalue weighted by molar-refractivity contribution is 7.10. The molecule has 10 nitrogen and oxygen atoms in total.